The minimum absolute atomic E-state index is 0. The first-order valence-corrected chi connectivity index (χ1v) is 3.17. The number of phosphoric acid groups is 1. The van der Waals surface area contributed by atoms with E-state index in [-0.39, 0.29) is 101 Å². The molecule has 0 saturated carbocycles. The summed E-state index contributed by atoms with van der Waals surface area (Å²) in [7, 11) is -5.14. The number of rotatable bonds is 0. The van der Waals surface area contributed by atoms with E-state index in [0.29, 0.717) is 0 Å². The number of carboxylic acids is 1. The summed E-state index contributed by atoms with van der Waals surface area (Å²) in [5.41, 5.74) is 0. The van der Waals surface area contributed by atoms with E-state index in [1.165, 1.54) is 0 Å². The van der Waals surface area contributed by atoms with Crippen molar-refractivity contribution in [2.45, 2.75) is 6.92 Å². The van der Waals surface area contributed by atoms with E-state index in [1.807, 2.05) is 0 Å². The average Bonchev–Trinajstić information content (AvgIpc) is 1.19. The van der Waals surface area contributed by atoms with Crippen LogP contribution < -0.4 is 111 Å². The Morgan fingerprint density at radius 2 is 1.23 bits per heavy atom. The van der Waals surface area contributed by atoms with Gasteiger partial charge in [-0.2, -0.15) is 0 Å². The van der Waals surface area contributed by atoms with Crippen molar-refractivity contribution in [3.8, 4) is 0 Å². The van der Waals surface area contributed by atoms with Crippen LogP contribution in [0.25, 0.3) is 0 Å². The smallest absolute Gasteiger partial charge is 1.00 e. The van der Waals surface area contributed by atoms with Crippen LogP contribution in [0, 0.1) is 0 Å². The largest absolute Gasteiger partial charge is 1.00 e. The van der Waals surface area contributed by atoms with E-state index in [2.05, 4.69) is 0 Å². The summed E-state index contributed by atoms with van der Waals surface area (Å²) in [6.07, 6.45) is 0. The summed E-state index contributed by atoms with van der Waals surface area (Å²) in [4.78, 5) is 33.3. The SMILES string of the molecule is CC(=O)O.O=P([O-])([O-])O.[Cl-].[Na+].[Na+].[Na+]. The summed E-state index contributed by atoms with van der Waals surface area (Å²) in [5.74, 6) is -0.833. The molecule has 0 rings (SSSR count). The third-order valence-electron chi connectivity index (χ3n) is 0. The first kappa shape index (κ1) is 36.0. The van der Waals surface area contributed by atoms with Crippen LogP contribution in [0.15, 0.2) is 0 Å². The fourth-order valence-electron chi connectivity index (χ4n) is 0. The molecule has 6 nitrogen and oxygen atoms in total. The minimum Gasteiger partial charge on any atom is -1.00 e. The van der Waals surface area contributed by atoms with Gasteiger partial charge in [0.25, 0.3) is 5.97 Å². The molecule has 13 heavy (non-hydrogen) atoms. The molecule has 64 valence electrons. The maximum absolute atomic E-state index is 9.00. The van der Waals surface area contributed by atoms with Gasteiger partial charge in [-0.25, -0.2) is 0 Å². The molecule has 0 atom stereocenters. The third kappa shape index (κ3) is 299. The summed E-state index contributed by atoms with van der Waals surface area (Å²) in [6.45, 7) is 1.08. The number of hydrogen-bond donors (Lipinski definition) is 2. The standard InChI is InChI=1S/C2H4O2.ClH.3Na.H3O4P/c1-2(3)4;;;;;1-5(2,3)4/h1H3,(H,3,4);1H;;;;(H3,1,2,3,4)/q;;3*+1;/p-3. The van der Waals surface area contributed by atoms with Crippen molar-refractivity contribution in [3.63, 3.8) is 0 Å². The van der Waals surface area contributed by atoms with E-state index in [4.69, 9.17) is 29.1 Å². The molecule has 0 aromatic rings. The average molecular weight is 260 g/mol. The fraction of sp³-hybridized carbons (Fsp3) is 0.500. The summed E-state index contributed by atoms with van der Waals surface area (Å²) < 4.78 is 8.66. The molecule has 0 spiro atoms. The molecular weight excluding hydrogens is 255 g/mol. The number of aliphatic carboxylic acids is 1. The van der Waals surface area contributed by atoms with Gasteiger partial charge >= 0.3 is 88.7 Å². The Balaban J connectivity index is -0.0000000146. The Labute approximate surface area is 148 Å². The molecule has 2 N–H and O–H groups in total. The van der Waals surface area contributed by atoms with Gasteiger partial charge in [-0.1, -0.05) is 0 Å². The molecule has 0 saturated heterocycles. The predicted molar refractivity (Wildman–Crippen MR) is 23.1 cm³/mol. The molecule has 0 unspecified atom stereocenters. The number of halogens is 1. The topological polar surface area (TPSA) is 121 Å². The third-order valence-corrected chi connectivity index (χ3v) is 0. The van der Waals surface area contributed by atoms with Crippen molar-refractivity contribution in [2.75, 3.05) is 0 Å². The Hall–Kier alpha value is 2.87. The van der Waals surface area contributed by atoms with Crippen LogP contribution in [0.2, 0.25) is 0 Å². The van der Waals surface area contributed by atoms with Gasteiger partial charge in [0.1, 0.15) is 0 Å². The van der Waals surface area contributed by atoms with Gasteiger partial charge < -0.3 is 36.8 Å². The van der Waals surface area contributed by atoms with E-state index < -0.39 is 13.8 Å². The fourth-order valence-corrected chi connectivity index (χ4v) is 0. The van der Waals surface area contributed by atoms with Gasteiger partial charge in [0.05, 0.1) is 7.82 Å². The van der Waals surface area contributed by atoms with Crippen molar-refractivity contribution in [1.29, 1.82) is 0 Å². The molecule has 0 aromatic carbocycles. The zero-order chi connectivity index (χ0) is 8.08. The molecule has 0 radical (unpaired) electrons. The van der Waals surface area contributed by atoms with E-state index >= 15 is 0 Å². The van der Waals surface area contributed by atoms with Crippen molar-refractivity contribution in [3.05, 3.63) is 0 Å². The van der Waals surface area contributed by atoms with Crippen LogP contribution in [0.4, 0.5) is 0 Å². The summed E-state index contributed by atoms with van der Waals surface area (Å²) in [6, 6.07) is 0. The number of hydrogen-bond acceptors (Lipinski definition) is 4. The van der Waals surface area contributed by atoms with Crippen LogP contribution in [-0.2, 0) is 9.36 Å². The van der Waals surface area contributed by atoms with Gasteiger partial charge in [0.15, 0.2) is 0 Å². The van der Waals surface area contributed by atoms with Crippen LogP contribution in [0.5, 0.6) is 0 Å². The van der Waals surface area contributed by atoms with Crippen LogP contribution in [0.1, 0.15) is 6.92 Å². The molecule has 0 fully saturated rings. The second-order valence-electron chi connectivity index (χ2n) is 0.988. The predicted octanol–water partition coefficient (Wildman–Crippen LogP) is -14.1. The van der Waals surface area contributed by atoms with E-state index in [0.717, 1.165) is 6.92 Å². The molecule has 0 aliphatic rings. The van der Waals surface area contributed by atoms with Crippen LogP contribution in [0.3, 0.4) is 0 Å². The quantitative estimate of drug-likeness (QED) is 0.329. The molecule has 0 aliphatic carbocycles. The van der Waals surface area contributed by atoms with Crippen molar-refractivity contribution in [1.82, 2.24) is 0 Å². The number of carboxylic acid groups (broad SMARTS) is 1. The molecule has 0 amide bonds. The van der Waals surface area contributed by atoms with Crippen molar-refractivity contribution < 1.29 is 130 Å². The van der Waals surface area contributed by atoms with Gasteiger partial charge in [0, 0.05) is 6.92 Å². The first-order chi connectivity index (χ1) is 3.73. The zero-order valence-electron chi connectivity index (χ0n) is 7.85. The van der Waals surface area contributed by atoms with Crippen LogP contribution in [-0.4, -0.2) is 16.0 Å². The molecule has 0 aliphatic heterocycles. The van der Waals surface area contributed by atoms with Gasteiger partial charge in [0.2, 0.25) is 0 Å². The van der Waals surface area contributed by atoms with Gasteiger partial charge in [-0.3, -0.25) is 4.79 Å². The van der Waals surface area contributed by atoms with E-state index in [1.54, 1.807) is 0 Å². The maximum Gasteiger partial charge on any atom is 1.00 e. The van der Waals surface area contributed by atoms with Crippen molar-refractivity contribution in [2.24, 2.45) is 0 Å². The summed E-state index contributed by atoms with van der Waals surface area (Å²) in [5, 5.41) is 7.42. The van der Waals surface area contributed by atoms with E-state index in [9.17, 15) is 0 Å². The van der Waals surface area contributed by atoms with Crippen LogP contribution >= 0.6 is 7.82 Å². The second-order valence-corrected chi connectivity index (χ2v) is 1.92. The Morgan fingerprint density at radius 1 is 1.23 bits per heavy atom. The van der Waals surface area contributed by atoms with Crippen molar-refractivity contribution >= 4 is 13.8 Å². The molecular formula is C2H5ClNa3O6P. The Bertz CT molecular complexity index is 126. The molecule has 0 aromatic heterocycles. The molecule has 0 heterocycles. The Morgan fingerprint density at radius 3 is 1.23 bits per heavy atom. The monoisotopic (exact) mass is 260 g/mol. The molecule has 11 heteroatoms. The van der Waals surface area contributed by atoms with Gasteiger partial charge in [-0.15, -0.1) is 0 Å². The maximum atomic E-state index is 9.00. The zero-order valence-corrected chi connectivity index (χ0v) is 15.5. The minimum atomic E-state index is -5.14. The first-order valence-electron chi connectivity index (χ1n) is 1.68. The number of carbonyl (C=O) groups is 1. The normalized spacial score (nSPS) is 6.46. The van der Waals surface area contributed by atoms with Gasteiger partial charge in [-0.05, 0) is 0 Å². The summed E-state index contributed by atoms with van der Waals surface area (Å²) >= 11 is 0. The Kier molecular flexibility index (Phi) is 56.3. The second kappa shape index (κ2) is 20.3. The molecule has 0 bridgehead atoms.